The molecule has 1 saturated heterocycles. The molecule has 0 saturated carbocycles. The summed E-state index contributed by atoms with van der Waals surface area (Å²) in [4.78, 5) is 25.4. The summed E-state index contributed by atoms with van der Waals surface area (Å²) in [5, 5.41) is 2.89. The lowest BCUT2D eigenvalue weighted by molar-refractivity contribution is -0.113. The van der Waals surface area contributed by atoms with Crippen LogP contribution < -0.4 is 19.9 Å². The van der Waals surface area contributed by atoms with Gasteiger partial charge in [0.05, 0.1) is 18.6 Å². The number of hydrogen-bond donors (Lipinski definition) is 1. The lowest BCUT2D eigenvalue weighted by Crippen LogP contribution is -2.46. The fourth-order valence-electron chi connectivity index (χ4n) is 3.49. The Balaban J connectivity index is 1.31. The number of halogens is 2. The van der Waals surface area contributed by atoms with Gasteiger partial charge in [-0.1, -0.05) is 17.8 Å². The van der Waals surface area contributed by atoms with Gasteiger partial charge in [-0.3, -0.25) is 4.79 Å². The molecule has 4 rings (SSSR count). The number of thioether (sulfide) groups is 1. The van der Waals surface area contributed by atoms with E-state index in [0.717, 1.165) is 67.3 Å². The Hall–Kier alpha value is -3.40. The number of anilines is 3. The second kappa shape index (κ2) is 10.5. The van der Waals surface area contributed by atoms with E-state index in [1.54, 1.807) is 13.3 Å². The minimum absolute atomic E-state index is 0.00386. The van der Waals surface area contributed by atoms with Crippen molar-refractivity contribution in [3.05, 3.63) is 66.4 Å². The zero-order valence-corrected chi connectivity index (χ0v) is 18.8. The molecule has 2 aromatic carbocycles. The predicted octanol–water partition coefficient (Wildman–Crippen LogP) is 3.82. The van der Waals surface area contributed by atoms with Crippen LogP contribution in [0.25, 0.3) is 0 Å². The van der Waals surface area contributed by atoms with Crippen molar-refractivity contribution in [2.45, 2.75) is 5.16 Å². The predicted molar refractivity (Wildman–Crippen MR) is 125 cm³/mol. The molecule has 2 heterocycles. The van der Waals surface area contributed by atoms with Crippen molar-refractivity contribution in [2.24, 2.45) is 0 Å². The first-order valence-electron chi connectivity index (χ1n) is 10.4. The molecule has 1 amide bonds. The number of benzene rings is 2. The molecular weight excluding hydrogens is 448 g/mol. The largest absolute Gasteiger partial charge is 0.497 e. The van der Waals surface area contributed by atoms with E-state index >= 15 is 0 Å². The van der Waals surface area contributed by atoms with Gasteiger partial charge >= 0.3 is 0 Å². The number of aromatic nitrogens is 2. The first kappa shape index (κ1) is 22.8. The van der Waals surface area contributed by atoms with E-state index < -0.39 is 17.5 Å². The van der Waals surface area contributed by atoms with Crippen molar-refractivity contribution in [1.29, 1.82) is 0 Å². The highest BCUT2D eigenvalue weighted by atomic mass is 32.2. The molecule has 33 heavy (non-hydrogen) atoms. The maximum atomic E-state index is 13.7. The van der Waals surface area contributed by atoms with Crippen LogP contribution in [0.15, 0.2) is 59.9 Å². The van der Waals surface area contributed by atoms with Crippen LogP contribution in [0.4, 0.5) is 26.0 Å². The standard InChI is InChI=1S/C23H23F2N5O2S/c1-32-18-4-2-3-17(14-18)29-9-11-30(12-10-29)21-7-8-26-23(28-21)33-15-22(31)27-20-6-5-16(24)13-19(20)25/h2-8,13-14H,9-12,15H2,1H3,(H,27,31). The number of carbonyl (C=O) groups excluding carboxylic acids is 1. The first-order chi connectivity index (χ1) is 16.0. The fourth-order valence-corrected chi connectivity index (χ4v) is 4.11. The summed E-state index contributed by atoms with van der Waals surface area (Å²) in [6.07, 6.45) is 1.66. The van der Waals surface area contributed by atoms with Crippen LogP contribution in [0, 0.1) is 11.6 Å². The summed E-state index contributed by atoms with van der Waals surface area (Å²) in [6.45, 7) is 3.27. The molecule has 1 fully saturated rings. The fraction of sp³-hybridized carbons (Fsp3) is 0.261. The van der Waals surface area contributed by atoms with Crippen molar-refractivity contribution in [3.63, 3.8) is 0 Å². The van der Waals surface area contributed by atoms with Crippen molar-refractivity contribution < 1.29 is 18.3 Å². The van der Waals surface area contributed by atoms with Gasteiger partial charge in [-0.15, -0.1) is 0 Å². The average molecular weight is 472 g/mol. The van der Waals surface area contributed by atoms with Gasteiger partial charge in [0, 0.05) is 50.2 Å². The Labute approximate surface area is 194 Å². The van der Waals surface area contributed by atoms with E-state index in [1.807, 2.05) is 24.3 Å². The lowest BCUT2D eigenvalue weighted by Gasteiger charge is -2.36. The summed E-state index contributed by atoms with van der Waals surface area (Å²) in [7, 11) is 1.66. The second-order valence-electron chi connectivity index (χ2n) is 7.33. The summed E-state index contributed by atoms with van der Waals surface area (Å²) in [5.41, 5.74) is 1.06. The molecule has 0 bridgehead atoms. The van der Waals surface area contributed by atoms with Gasteiger partial charge in [0.1, 0.15) is 23.2 Å². The van der Waals surface area contributed by atoms with E-state index in [2.05, 4.69) is 31.2 Å². The van der Waals surface area contributed by atoms with Crippen LogP contribution in [-0.4, -0.2) is 54.9 Å². The van der Waals surface area contributed by atoms with E-state index in [0.29, 0.717) is 5.16 Å². The molecule has 0 radical (unpaired) electrons. The minimum atomic E-state index is -0.820. The summed E-state index contributed by atoms with van der Waals surface area (Å²) in [5.74, 6) is -0.314. The molecule has 3 aromatic rings. The van der Waals surface area contributed by atoms with E-state index in [1.165, 1.54) is 6.07 Å². The van der Waals surface area contributed by atoms with Crippen LogP contribution in [0.5, 0.6) is 5.75 Å². The molecule has 172 valence electrons. The van der Waals surface area contributed by atoms with Gasteiger partial charge in [-0.2, -0.15) is 0 Å². The number of hydrogen-bond acceptors (Lipinski definition) is 7. The molecule has 1 N–H and O–H groups in total. The molecule has 1 aromatic heterocycles. The van der Waals surface area contributed by atoms with Crippen LogP contribution in [0.3, 0.4) is 0 Å². The van der Waals surface area contributed by atoms with Crippen molar-refractivity contribution in [2.75, 3.05) is 54.2 Å². The van der Waals surface area contributed by atoms with E-state index in [-0.39, 0.29) is 11.4 Å². The van der Waals surface area contributed by atoms with Gasteiger partial charge in [0.25, 0.3) is 0 Å². The number of amides is 1. The van der Waals surface area contributed by atoms with Gasteiger partial charge in [-0.05, 0) is 30.3 Å². The summed E-state index contributed by atoms with van der Waals surface area (Å²) in [6, 6.07) is 12.9. The quantitative estimate of drug-likeness (QED) is 0.415. The third-order valence-electron chi connectivity index (χ3n) is 5.18. The number of ether oxygens (including phenoxy) is 1. The minimum Gasteiger partial charge on any atom is -0.497 e. The Bertz CT molecular complexity index is 1130. The Kier molecular flexibility index (Phi) is 7.23. The number of methoxy groups -OCH3 is 1. The van der Waals surface area contributed by atoms with Gasteiger partial charge in [0.2, 0.25) is 5.91 Å². The Morgan fingerprint density at radius 2 is 1.88 bits per heavy atom. The number of carbonyl (C=O) groups is 1. The van der Waals surface area contributed by atoms with Crippen LogP contribution in [-0.2, 0) is 4.79 Å². The topological polar surface area (TPSA) is 70.6 Å². The Morgan fingerprint density at radius 1 is 1.09 bits per heavy atom. The molecule has 0 spiro atoms. The Morgan fingerprint density at radius 3 is 2.64 bits per heavy atom. The van der Waals surface area contributed by atoms with Crippen molar-refractivity contribution in [3.8, 4) is 5.75 Å². The van der Waals surface area contributed by atoms with Crippen molar-refractivity contribution >= 4 is 34.9 Å². The van der Waals surface area contributed by atoms with Gasteiger partial charge in [0.15, 0.2) is 5.16 Å². The third-order valence-corrected chi connectivity index (χ3v) is 6.04. The molecular formula is C23H23F2N5O2S. The lowest BCUT2D eigenvalue weighted by atomic mass is 10.2. The number of piperazine rings is 1. The van der Waals surface area contributed by atoms with Crippen LogP contribution >= 0.6 is 11.8 Å². The van der Waals surface area contributed by atoms with Crippen LogP contribution in [0.2, 0.25) is 0 Å². The number of rotatable bonds is 7. The number of nitrogens with one attached hydrogen (secondary N) is 1. The maximum Gasteiger partial charge on any atom is 0.234 e. The highest BCUT2D eigenvalue weighted by molar-refractivity contribution is 7.99. The summed E-state index contributed by atoms with van der Waals surface area (Å²) >= 11 is 1.15. The smallest absolute Gasteiger partial charge is 0.234 e. The molecule has 1 aliphatic heterocycles. The highest BCUT2D eigenvalue weighted by Gasteiger charge is 2.19. The molecule has 7 nitrogen and oxygen atoms in total. The second-order valence-corrected chi connectivity index (χ2v) is 8.28. The SMILES string of the molecule is COc1cccc(N2CCN(c3ccnc(SCC(=O)Nc4ccc(F)cc4F)n3)CC2)c1. The van der Waals surface area contributed by atoms with Gasteiger partial charge < -0.3 is 19.9 Å². The van der Waals surface area contributed by atoms with Crippen molar-refractivity contribution in [1.82, 2.24) is 9.97 Å². The third kappa shape index (κ3) is 5.89. The summed E-state index contributed by atoms with van der Waals surface area (Å²) < 4.78 is 32.0. The molecule has 0 aliphatic carbocycles. The van der Waals surface area contributed by atoms with E-state index in [4.69, 9.17) is 4.74 Å². The average Bonchev–Trinajstić information content (AvgIpc) is 2.85. The zero-order valence-electron chi connectivity index (χ0n) is 18.0. The molecule has 0 atom stereocenters. The maximum absolute atomic E-state index is 13.7. The molecule has 10 heteroatoms. The first-order valence-corrected chi connectivity index (χ1v) is 11.3. The van der Waals surface area contributed by atoms with E-state index in [9.17, 15) is 13.6 Å². The number of nitrogens with zero attached hydrogens (tertiary/aromatic N) is 4. The van der Waals surface area contributed by atoms with Crippen LogP contribution in [0.1, 0.15) is 0 Å². The van der Waals surface area contributed by atoms with Gasteiger partial charge in [-0.25, -0.2) is 18.7 Å². The normalized spacial score (nSPS) is 13.7. The zero-order chi connectivity index (χ0) is 23.2. The molecule has 0 unspecified atom stereocenters. The highest BCUT2D eigenvalue weighted by Crippen LogP contribution is 2.24. The monoisotopic (exact) mass is 471 g/mol. The molecule has 1 aliphatic rings.